The zero-order chi connectivity index (χ0) is 18.4. The SMILES string of the molecule is Cn1c(CO)nnc1Sc1nc(C2CC2)nc2scc(-c3ccccc3)c12. The molecule has 1 aliphatic rings. The Kier molecular flexibility index (Phi) is 4.18. The van der Waals surface area contributed by atoms with Crippen LogP contribution in [-0.2, 0) is 13.7 Å². The van der Waals surface area contributed by atoms with Gasteiger partial charge in [-0.05, 0) is 30.2 Å². The third-order valence-corrected chi connectivity index (χ3v) is 6.60. The summed E-state index contributed by atoms with van der Waals surface area (Å²) in [5.41, 5.74) is 2.30. The quantitative estimate of drug-likeness (QED) is 0.515. The molecule has 5 rings (SSSR count). The number of hydrogen-bond acceptors (Lipinski definition) is 7. The highest BCUT2D eigenvalue weighted by Gasteiger charge is 2.29. The van der Waals surface area contributed by atoms with Crippen molar-refractivity contribution in [3.63, 3.8) is 0 Å². The van der Waals surface area contributed by atoms with Crippen LogP contribution in [0.2, 0.25) is 0 Å². The van der Waals surface area contributed by atoms with Crippen LogP contribution in [0.15, 0.2) is 45.9 Å². The Bertz CT molecular complexity index is 1120. The van der Waals surface area contributed by atoms with E-state index in [2.05, 4.69) is 27.7 Å². The maximum atomic E-state index is 9.40. The minimum Gasteiger partial charge on any atom is -0.388 e. The van der Waals surface area contributed by atoms with Gasteiger partial charge in [-0.25, -0.2) is 9.97 Å². The molecule has 8 heteroatoms. The summed E-state index contributed by atoms with van der Waals surface area (Å²) in [6.07, 6.45) is 2.32. The van der Waals surface area contributed by atoms with E-state index in [4.69, 9.17) is 9.97 Å². The zero-order valence-electron chi connectivity index (χ0n) is 14.7. The first kappa shape index (κ1) is 16.9. The molecule has 0 spiro atoms. The molecule has 1 fully saturated rings. The van der Waals surface area contributed by atoms with Crippen LogP contribution in [0.4, 0.5) is 0 Å². The van der Waals surface area contributed by atoms with Gasteiger partial charge in [0.2, 0.25) is 0 Å². The Balaban J connectivity index is 1.68. The van der Waals surface area contributed by atoms with Gasteiger partial charge in [-0.15, -0.1) is 21.5 Å². The van der Waals surface area contributed by atoms with E-state index in [0.717, 1.165) is 45.0 Å². The number of fused-ring (bicyclic) bond motifs is 1. The fourth-order valence-electron chi connectivity index (χ4n) is 3.01. The van der Waals surface area contributed by atoms with Gasteiger partial charge in [-0.2, -0.15) is 0 Å². The number of nitrogens with zero attached hydrogens (tertiary/aromatic N) is 5. The summed E-state index contributed by atoms with van der Waals surface area (Å²) in [7, 11) is 1.86. The van der Waals surface area contributed by atoms with Crippen molar-refractivity contribution in [3.05, 3.63) is 47.4 Å². The summed E-state index contributed by atoms with van der Waals surface area (Å²) in [5, 5.41) is 22.5. The smallest absolute Gasteiger partial charge is 0.197 e. The van der Waals surface area contributed by atoms with E-state index < -0.39 is 0 Å². The van der Waals surface area contributed by atoms with Crippen molar-refractivity contribution in [2.24, 2.45) is 7.05 Å². The van der Waals surface area contributed by atoms with Crippen molar-refractivity contribution in [2.75, 3.05) is 0 Å². The highest BCUT2D eigenvalue weighted by molar-refractivity contribution is 7.99. The lowest BCUT2D eigenvalue weighted by atomic mass is 10.1. The van der Waals surface area contributed by atoms with Crippen LogP contribution in [0.5, 0.6) is 0 Å². The van der Waals surface area contributed by atoms with Gasteiger partial charge in [-0.3, -0.25) is 0 Å². The number of hydrogen-bond donors (Lipinski definition) is 1. The Morgan fingerprint density at radius 2 is 2.00 bits per heavy atom. The Labute approximate surface area is 164 Å². The molecule has 136 valence electrons. The second-order valence-electron chi connectivity index (χ2n) is 6.57. The molecule has 0 amide bonds. The average molecular weight is 396 g/mol. The number of aromatic nitrogens is 5. The van der Waals surface area contributed by atoms with E-state index in [9.17, 15) is 5.11 Å². The first-order valence-electron chi connectivity index (χ1n) is 8.76. The van der Waals surface area contributed by atoms with Crippen LogP contribution in [-0.4, -0.2) is 29.8 Å². The lowest BCUT2D eigenvalue weighted by Crippen LogP contribution is -2.00. The van der Waals surface area contributed by atoms with Crippen molar-refractivity contribution in [1.29, 1.82) is 0 Å². The number of benzene rings is 1. The molecule has 0 radical (unpaired) electrons. The lowest BCUT2D eigenvalue weighted by molar-refractivity contribution is 0.266. The molecule has 1 saturated carbocycles. The first-order valence-corrected chi connectivity index (χ1v) is 10.5. The Morgan fingerprint density at radius 1 is 1.19 bits per heavy atom. The molecule has 6 nitrogen and oxygen atoms in total. The topological polar surface area (TPSA) is 76.7 Å². The molecule has 1 aliphatic carbocycles. The van der Waals surface area contributed by atoms with Gasteiger partial charge in [0.25, 0.3) is 0 Å². The molecule has 0 bridgehead atoms. The maximum absolute atomic E-state index is 9.40. The summed E-state index contributed by atoms with van der Waals surface area (Å²) < 4.78 is 1.81. The van der Waals surface area contributed by atoms with Crippen molar-refractivity contribution in [1.82, 2.24) is 24.7 Å². The van der Waals surface area contributed by atoms with E-state index in [1.54, 1.807) is 11.3 Å². The normalized spacial score (nSPS) is 14.1. The molecule has 1 N–H and O–H groups in total. The standard InChI is InChI=1S/C19H17N5OS2/c1-24-14(9-25)22-23-19(24)27-18-15-13(11-5-3-2-4-6-11)10-26-17(15)20-16(21-18)12-7-8-12/h2-6,10,12,25H,7-9H2,1H3. The first-order chi connectivity index (χ1) is 13.2. The summed E-state index contributed by atoms with van der Waals surface area (Å²) in [6, 6.07) is 10.3. The molecule has 1 aromatic carbocycles. The molecule has 0 saturated heterocycles. The number of thiophene rings is 1. The highest BCUT2D eigenvalue weighted by atomic mass is 32.2. The average Bonchev–Trinajstić information content (AvgIpc) is 3.37. The molecule has 0 unspecified atom stereocenters. The van der Waals surface area contributed by atoms with Crippen molar-refractivity contribution < 1.29 is 5.11 Å². The summed E-state index contributed by atoms with van der Waals surface area (Å²) in [6.45, 7) is -0.135. The predicted octanol–water partition coefficient (Wildman–Crippen LogP) is 4.01. The second kappa shape index (κ2) is 6.70. The van der Waals surface area contributed by atoms with Crippen LogP contribution in [0.3, 0.4) is 0 Å². The van der Waals surface area contributed by atoms with Gasteiger partial charge in [0, 0.05) is 23.9 Å². The number of rotatable bonds is 5. The fraction of sp³-hybridized carbons (Fsp3) is 0.263. The molecule has 3 heterocycles. The summed E-state index contributed by atoms with van der Waals surface area (Å²) in [4.78, 5) is 10.8. The summed E-state index contributed by atoms with van der Waals surface area (Å²) >= 11 is 3.15. The van der Waals surface area contributed by atoms with Gasteiger partial charge in [0.15, 0.2) is 11.0 Å². The van der Waals surface area contributed by atoms with Gasteiger partial charge < -0.3 is 9.67 Å². The van der Waals surface area contributed by atoms with E-state index >= 15 is 0 Å². The molecule has 27 heavy (non-hydrogen) atoms. The third kappa shape index (κ3) is 3.03. The Hall–Kier alpha value is -2.29. The van der Waals surface area contributed by atoms with E-state index in [0.29, 0.717) is 16.9 Å². The van der Waals surface area contributed by atoms with E-state index in [1.165, 1.54) is 11.8 Å². The number of aliphatic hydroxyl groups is 1. The minimum absolute atomic E-state index is 0.135. The van der Waals surface area contributed by atoms with Gasteiger partial charge in [-0.1, -0.05) is 30.3 Å². The van der Waals surface area contributed by atoms with Crippen LogP contribution in [0.25, 0.3) is 21.3 Å². The molecule has 0 atom stereocenters. The molecule has 3 aromatic heterocycles. The number of aliphatic hydroxyl groups excluding tert-OH is 1. The molecule has 4 aromatic rings. The molecular formula is C19H17N5OS2. The van der Waals surface area contributed by atoms with Crippen LogP contribution >= 0.6 is 23.1 Å². The zero-order valence-corrected chi connectivity index (χ0v) is 16.3. The molecule has 0 aliphatic heterocycles. The van der Waals surface area contributed by atoms with Gasteiger partial charge in [0.05, 0.1) is 5.39 Å². The van der Waals surface area contributed by atoms with Crippen molar-refractivity contribution in [3.8, 4) is 11.1 Å². The van der Waals surface area contributed by atoms with Crippen LogP contribution in [0.1, 0.15) is 30.4 Å². The minimum atomic E-state index is -0.135. The second-order valence-corrected chi connectivity index (χ2v) is 8.39. The van der Waals surface area contributed by atoms with Crippen LogP contribution in [0, 0.1) is 0 Å². The summed E-state index contributed by atoms with van der Waals surface area (Å²) in [5.74, 6) is 1.94. The van der Waals surface area contributed by atoms with Gasteiger partial charge in [0.1, 0.15) is 22.3 Å². The third-order valence-electron chi connectivity index (χ3n) is 4.70. The molecular weight excluding hydrogens is 378 g/mol. The largest absolute Gasteiger partial charge is 0.388 e. The predicted molar refractivity (Wildman–Crippen MR) is 106 cm³/mol. The van der Waals surface area contributed by atoms with Crippen molar-refractivity contribution in [2.45, 2.75) is 35.5 Å². The maximum Gasteiger partial charge on any atom is 0.197 e. The van der Waals surface area contributed by atoms with Crippen molar-refractivity contribution >= 4 is 33.3 Å². The van der Waals surface area contributed by atoms with E-state index in [-0.39, 0.29) is 6.61 Å². The highest BCUT2D eigenvalue weighted by Crippen LogP contribution is 2.44. The van der Waals surface area contributed by atoms with Gasteiger partial charge >= 0.3 is 0 Å². The lowest BCUT2D eigenvalue weighted by Gasteiger charge is -2.08. The van der Waals surface area contributed by atoms with Crippen LogP contribution < -0.4 is 0 Å². The Morgan fingerprint density at radius 3 is 2.70 bits per heavy atom. The fourth-order valence-corrected chi connectivity index (χ4v) is 4.98. The monoisotopic (exact) mass is 395 g/mol. The van der Waals surface area contributed by atoms with E-state index in [1.807, 2.05) is 29.8 Å².